The Kier molecular flexibility index (Phi) is 9.47. The Labute approximate surface area is 268 Å². The van der Waals surface area contributed by atoms with E-state index in [4.69, 9.17) is 19.2 Å². The highest BCUT2D eigenvalue weighted by Gasteiger charge is 2.28. The Balaban J connectivity index is 1.34. The normalized spacial score (nSPS) is 13.8. The molecule has 0 spiro atoms. The van der Waals surface area contributed by atoms with Crippen molar-refractivity contribution in [1.29, 1.82) is 0 Å². The number of carbonyl (C=O) groups is 2. The summed E-state index contributed by atoms with van der Waals surface area (Å²) in [5.74, 6) is 0.731. The van der Waals surface area contributed by atoms with Gasteiger partial charge >= 0.3 is 12.1 Å². The van der Waals surface area contributed by atoms with Crippen molar-refractivity contribution in [2.24, 2.45) is 0 Å². The van der Waals surface area contributed by atoms with Crippen LogP contribution in [0.5, 0.6) is 5.75 Å². The largest absolute Gasteiger partial charge is 0.493 e. The van der Waals surface area contributed by atoms with Gasteiger partial charge in [0, 0.05) is 60.5 Å². The average molecular weight is 647 g/mol. The van der Waals surface area contributed by atoms with Gasteiger partial charge in [-0.25, -0.2) is 23.0 Å². The zero-order chi connectivity index (χ0) is 33.1. The van der Waals surface area contributed by atoms with Crippen LogP contribution < -0.4 is 9.64 Å². The van der Waals surface area contributed by atoms with Crippen molar-refractivity contribution in [3.8, 4) is 5.75 Å². The topological polar surface area (TPSA) is 130 Å². The van der Waals surface area contributed by atoms with E-state index in [2.05, 4.69) is 4.98 Å². The molecule has 12 heteroatoms. The lowest BCUT2D eigenvalue weighted by atomic mass is 10.1. The molecule has 46 heavy (non-hydrogen) atoms. The summed E-state index contributed by atoms with van der Waals surface area (Å²) >= 11 is 0. The number of amides is 1. The first-order valence-corrected chi connectivity index (χ1v) is 17.0. The Morgan fingerprint density at radius 3 is 2.61 bits per heavy atom. The van der Waals surface area contributed by atoms with Crippen LogP contribution in [0.25, 0.3) is 16.6 Å². The van der Waals surface area contributed by atoms with E-state index >= 15 is 0 Å². The molecule has 0 saturated heterocycles. The van der Waals surface area contributed by atoms with Crippen molar-refractivity contribution in [3.05, 3.63) is 84.0 Å². The van der Waals surface area contributed by atoms with Gasteiger partial charge in [-0.3, -0.25) is 9.88 Å². The van der Waals surface area contributed by atoms with E-state index in [1.54, 1.807) is 22.6 Å². The lowest BCUT2D eigenvalue weighted by Crippen LogP contribution is -2.40. The number of aromatic nitrogens is 3. The number of fused-ring (bicyclic) bond motifs is 2. The molecule has 0 radical (unpaired) electrons. The van der Waals surface area contributed by atoms with Gasteiger partial charge in [0.25, 0.3) is 0 Å². The molecule has 0 bridgehead atoms. The quantitative estimate of drug-likeness (QED) is 0.169. The first kappa shape index (κ1) is 32.7. The first-order valence-electron chi connectivity index (χ1n) is 15.1. The van der Waals surface area contributed by atoms with Crippen molar-refractivity contribution in [2.75, 3.05) is 30.9 Å². The van der Waals surface area contributed by atoms with Crippen LogP contribution in [0.2, 0.25) is 0 Å². The first-order chi connectivity index (χ1) is 21.8. The fourth-order valence-electron chi connectivity index (χ4n) is 5.16. The molecule has 4 heterocycles. The summed E-state index contributed by atoms with van der Waals surface area (Å²) < 4.78 is 43.0. The highest BCUT2D eigenvalue weighted by Crippen LogP contribution is 2.30. The van der Waals surface area contributed by atoms with Crippen LogP contribution in [0.15, 0.2) is 72.0 Å². The lowest BCUT2D eigenvalue weighted by molar-refractivity contribution is -0.137. The molecule has 1 amide bonds. The molecule has 0 atom stereocenters. The van der Waals surface area contributed by atoms with Crippen LogP contribution in [0.1, 0.15) is 50.9 Å². The number of pyridine rings is 2. The number of carbonyl (C=O) groups excluding carboxylic acids is 2. The monoisotopic (exact) mass is 646 g/mol. The number of benzene rings is 1. The highest BCUT2D eigenvalue weighted by molar-refractivity contribution is 7.90. The maximum absolute atomic E-state index is 12.8. The van der Waals surface area contributed by atoms with Gasteiger partial charge in [0.2, 0.25) is 0 Å². The van der Waals surface area contributed by atoms with Gasteiger partial charge in [0.1, 0.15) is 17.2 Å². The molecule has 1 aromatic carbocycles. The zero-order valence-corrected chi connectivity index (χ0v) is 27.5. The predicted molar refractivity (Wildman–Crippen MR) is 175 cm³/mol. The summed E-state index contributed by atoms with van der Waals surface area (Å²) in [6.07, 6.45) is 8.85. The lowest BCUT2D eigenvalue weighted by Gasteiger charge is -2.31. The van der Waals surface area contributed by atoms with Gasteiger partial charge in [-0.2, -0.15) is 0 Å². The number of hydrogen-bond acceptors (Lipinski definition) is 9. The fourth-order valence-corrected chi connectivity index (χ4v) is 5.75. The zero-order valence-electron chi connectivity index (χ0n) is 26.6. The Hall–Kier alpha value is -4.71. The van der Waals surface area contributed by atoms with E-state index in [1.165, 1.54) is 24.5 Å². The molecule has 0 saturated carbocycles. The van der Waals surface area contributed by atoms with Crippen LogP contribution in [0, 0.1) is 0 Å². The van der Waals surface area contributed by atoms with Crippen LogP contribution >= 0.6 is 0 Å². The number of aryl methyl sites for hydroxylation is 1. The molecule has 5 rings (SSSR count). The number of sulfone groups is 1. The van der Waals surface area contributed by atoms with Crippen LogP contribution in [-0.2, 0) is 36.9 Å². The molecule has 3 aromatic heterocycles. The van der Waals surface area contributed by atoms with E-state index < -0.39 is 27.5 Å². The predicted octanol–water partition coefficient (Wildman–Crippen LogP) is 5.60. The van der Waals surface area contributed by atoms with Crippen LogP contribution in [0.3, 0.4) is 0 Å². The molecule has 1 aliphatic rings. The van der Waals surface area contributed by atoms with Gasteiger partial charge in [-0.15, -0.1) is 0 Å². The molecule has 4 aromatic rings. The Morgan fingerprint density at radius 1 is 1.07 bits per heavy atom. The second-order valence-electron chi connectivity index (χ2n) is 12.0. The summed E-state index contributed by atoms with van der Waals surface area (Å²) in [6, 6.07) is 12.9. The fraction of sp³-hybridized carbons (Fsp3) is 0.353. The highest BCUT2D eigenvalue weighted by atomic mass is 32.2. The Morgan fingerprint density at radius 2 is 1.87 bits per heavy atom. The van der Waals surface area contributed by atoms with Crippen LogP contribution in [0.4, 0.5) is 10.6 Å². The molecule has 0 unspecified atom stereocenters. The summed E-state index contributed by atoms with van der Waals surface area (Å²) in [5.41, 5.74) is 2.86. The number of nitrogens with zero attached hydrogens (tertiary/aromatic N) is 4. The Bertz CT molecular complexity index is 1910. The standard InChI is InChI=1S/C34H38N4O7S/c1-6-43-31(39)20-30(25-19-28(22-35-21-25)46(5,41)42)37-16-13-24-18-27(11-12-29(24)37)44-17-14-26-10-9-23-8-7-15-38(32(23)36-26)33(40)45-34(2,3)4/h9-13,16,18-22H,6-8,14-15,17H2,1-5H3. The van der Waals surface area contributed by atoms with Crippen LogP contribution in [-0.4, -0.2) is 66.6 Å². The summed E-state index contributed by atoms with van der Waals surface area (Å²) in [7, 11) is -3.52. The average Bonchev–Trinajstić information content (AvgIpc) is 3.41. The van der Waals surface area contributed by atoms with Gasteiger partial charge in [0.05, 0.1) is 29.3 Å². The van der Waals surface area contributed by atoms with Gasteiger partial charge < -0.3 is 18.8 Å². The van der Waals surface area contributed by atoms with E-state index in [-0.39, 0.29) is 11.5 Å². The van der Waals surface area contributed by atoms with Crippen molar-refractivity contribution < 1.29 is 32.2 Å². The van der Waals surface area contributed by atoms with Gasteiger partial charge in [-0.05, 0) is 82.5 Å². The second kappa shape index (κ2) is 13.3. The molecule has 0 N–H and O–H groups in total. The van der Waals surface area contributed by atoms with Crippen molar-refractivity contribution in [1.82, 2.24) is 14.5 Å². The van der Waals surface area contributed by atoms with Crippen molar-refractivity contribution in [2.45, 2.75) is 57.5 Å². The molecular formula is C34H38N4O7S. The minimum Gasteiger partial charge on any atom is -0.493 e. The number of rotatable bonds is 9. The second-order valence-corrected chi connectivity index (χ2v) is 14.0. The third kappa shape index (κ3) is 7.74. The maximum atomic E-state index is 12.8. The molecule has 1 aliphatic heterocycles. The third-order valence-electron chi connectivity index (χ3n) is 7.24. The van der Waals surface area contributed by atoms with Crippen molar-refractivity contribution in [3.63, 3.8) is 0 Å². The molecule has 242 valence electrons. The van der Waals surface area contributed by atoms with E-state index in [0.29, 0.717) is 42.4 Å². The van der Waals surface area contributed by atoms with E-state index in [1.807, 2.05) is 57.2 Å². The summed E-state index contributed by atoms with van der Waals surface area (Å²) in [4.78, 5) is 35.9. The summed E-state index contributed by atoms with van der Waals surface area (Å²) in [6.45, 7) is 8.37. The summed E-state index contributed by atoms with van der Waals surface area (Å²) in [5, 5.41) is 0.847. The van der Waals surface area contributed by atoms with Gasteiger partial charge in [-0.1, -0.05) is 6.07 Å². The third-order valence-corrected chi connectivity index (χ3v) is 8.32. The molecule has 0 aliphatic carbocycles. The maximum Gasteiger partial charge on any atom is 0.416 e. The number of ether oxygens (including phenoxy) is 3. The van der Waals surface area contributed by atoms with E-state index in [0.717, 1.165) is 41.3 Å². The number of esters is 1. The number of anilines is 1. The SMILES string of the molecule is CCOC(=O)C=C(c1cncc(S(C)(=O)=O)c1)n1ccc2cc(OCCc3ccc4c(n3)N(C(=O)OC(C)(C)C)CCC4)ccc21. The molecule has 11 nitrogen and oxygen atoms in total. The minimum atomic E-state index is -3.52. The number of hydrogen-bond donors (Lipinski definition) is 0. The van der Waals surface area contributed by atoms with E-state index in [9.17, 15) is 18.0 Å². The van der Waals surface area contributed by atoms with Gasteiger partial charge in [0.15, 0.2) is 9.84 Å². The molecule has 0 fully saturated rings. The molecular weight excluding hydrogens is 608 g/mol. The van der Waals surface area contributed by atoms with Crippen molar-refractivity contribution >= 4 is 44.3 Å². The smallest absolute Gasteiger partial charge is 0.416 e. The minimum absolute atomic E-state index is 0.0397.